The van der Waals surface area contributed by atoms with E-state index < -0.39 is 0 Å². The number of hydrogen-bond donors (Lipinski definition) is 0. The minimum Gasteiger partial charge on any atom is -0.347 e. The first-order valence-corrected chi connectivity index (χ1v) is 12.6. The maximum atomic E-state index is 6.90. The summed E-state index contributed by atoms with van der Waals surface area (Å²) in [5, 5.41) is 1.91. The second-order valence-corrected chi connectivity index (χ2v) is 10.7. The molecule has 0 amide bonds. The molecular weight excluding hydrogens is 374 g/mol. The van der Waals surface area contributed by atoms with E-state index in [0.717, 1.165) is 18.9 Å². The Labute approximate surface area is 181 Å². The summed E-state index contributed by atoms with van der Waals surface area (Å²) in [6.45, 7) is 3.23. The Bertz CT molecular complexity index is 735. The fourth-order valence-corrected chi connectivity index (χ4v) is 7.78. The van der Waals surface area contributed by atoms with Crippen LogP contribution in [0.3, 0.4) is 0 Å². The maximum Gasteiger partial charge on any atom is 0.183 e. The molecule has 0 unspecified atom stereocenters. The number of ether oxygens (including phenoxy) is 1. The van der Waals surface area contributed by atoms with Gasteiger partial charge in [0.25, 0.3) is 0 Å². The van der Waals surface area contributed by atoms with Crippen LogP contribution in [0.5, 0.6) is 0 Å². The molecule has 2 heterocycles. The molecule has 3 aliphatic carbocycles. The molecule has 1 aromatic carbocycles. The molecule has 0 spiro atoms. The number of benzene rings is 1. The van der Waals surface area contributed by atoms with Crippen LogP contribution < -0.4 is 0 Å². The highest BCUT2D eigenvalue weighted by Gasteiger charge is 2.68. The van der Waals surface area contributed by atoms with Gasteiger partial charge < -0.3 is 4.74 Å². The first-order chi connectivity index (χ1) is 14.7. The van der Waals surface area contributed by atoms with Gasteiger partial charge in [-0.3, -0.25) is 4.84 Å². The molecule has 2 saturated heterocycles. The van der Waals surface area contributed by atoms with Crippen LogP contribution in [0.4, 0.5) is 0 Å². The molecule has 7 atom stereocenters. The number of rotatable bonds is 4. The third-order valence-corrected chi connectivity index (χ3v) is 9.25. The predicted octanol–water partition coefficient (Wildman–Crippen LogP) is 5.84. The Balaban J connectivity index is 1.26. The van der Waals surface area contributed by atoms with Crippen LogP contribution in [0.2, 0.25) is 0 Å². The SMILES string of the molecule is C[C@@]12[C@H]3CON1O[C@@H](O[C@@H]1CCCC[C@H]1c1ccccc1)[C@H](C3)[C@@H]2C1CCCCC1. The van der Waals surface area contributed by atoms with Crippen LogP contribution in [0.1, 0.15) is 82.6 Å². The van der Waals surface area contributed by atoms with Crippen molar-refractivity contribution in [3.05, 3.63) is 35.9 Å². The van der Waals surface area contributed by atoms with Crippen LogP contribution in [0.15, 0.2) is 30.3 Å². The summed E-state index contributed by atoms with van der Waals surface area (Å²) in [5.41, 5.74) is 1.47. The molecule has 30 heavy (non-hydrogen) atoms. The predicted molar refractivity (Wildman–Crippen MR) is 115 cm³/mol. The molecule has 4 nitrogen and oxygen atoms in total. The molecule has 0 N–H and O–H groups in total. The molecule has 1 aromatic rings. The fourth-order valence-electron chi connectivity index (χ4n) is 7.78. The maximum absolute atomic E-state index is 6.90. The van der Waals surface area contributed by atoms with Gasteiger partial charge in [-0.2, -0.15) is 0 Å². The summed E-state index contributed by atoms with van der Waals surface area (Å²) in [6.07, 6.45) is 13.2. The minimum absolute atomic E-state index is 0.0396. The van der Waals surface area contributed by atoms with E-state index in [1.54, 1.807) is 0 Å². The minimum atomic E-state index is -0.149. The van der Waals surface area contributed by atoms with E-state index in [2.05, 4.69) is 37.3 Å². The van der Waals surface area contributed by atoms with Crippen molar-refractivity contribution in [1.82, 2.24) is 5.23 Å². The summed E-state index contributed by atoms with van der Waals surface area (Å²) >= 11 is 0. The quantitative estimate of drug-likeness (QED) is 0.623. The largest absolute Gasteiger partial charge is 0.347 e. The number of fused-ring (bicyclic) bond motifs is 1. The van der Waals surface area contributed by atoms with Gasteiger partial charge in [0.05, 0.1) is 18.2 Å². The van der Waals surface area contributed by atoms with Gasteiger partial charge in [0, 0.05) is 17.8 Å². The second-order valence-electron chi connectivity index (χ2n) is 10.7. The molecule has 0 aromatic heterocycles. The van der Waals surface area contributed by atoms with Crippen molar-refractivity contribution in [2.24, 2.45) is 23.7 Å². The smallest absolute Gasteiger partial charge is 0.183 e. The first-order valence-electron chi connectivity index (χ1n) is 12.6. The van der Waals surface area contributed by atoms with Crippen LogP contribution in [0.25, 0.3) is 0 Å². The Morgan fingerprint density at radius 2 is 1.73 bits per heavy atom. The Morgan fingerprint density at radius 1 is 0.967 bits per heavy atom. The fraction of sp³-hybridized carbons (Fsp3) is 0.769. The lowest BCUT2D eigenvalue weighted by molar-refractivity contribution is -0.469. The highest BCUT2D eigenvalue weighted by Crippen LogP contribution is 2.61. The topological polar surface area (TPSA) is 30.9 Å². The van der Waals surface area contributed by atoms with E-state index in [9.17, 15) is 0 Å². The summed E-state index contributed by atoms with van der Waals surface area (Å²) in [5.74, 6) is 3.03. The standard InChI is InChI=1S/C26H37NO3/c1-26-20-16-22(24(26)19-12-6-3-7-13-19)25(30-27(26)28-17-20)29-23-15-9-8-14-21(23)18-10-4-2-5-11-18/h2,4-5,10-11,19-25H,3,6-9,12-17H2,1H3/t20-,21+,22-,23-,24+,25-,26+/m1/s1. The van der Waals surface area contributed by atoms with E-state index in [4.69, 9.17) is 14.4 Å². The molecule has 164 valence electrons. The van der Waals surface area contributed by atoms with Gasteiger partial charge in [-0.15, -0.1) is 0 Å². The van der Waals surface area contributed by atoms with Gasteiger partial charge in [0.2, 0.25) is 0 Å². The lowest BCUT2D eigenvalue weighted by Crippen LogP contribution is -2.58. The van der Waals surface area contributed by atoms with Gasteiger partial charge >= 0.3 is 0 Å². The van der Waals surface area contributed by atoms with Crippen LogP contribution >= 0.6 is 0 Å². The lowest BCUT2D eigenvalue weighted by Gasteiger charge is -2.50. The zero-order chi connectivity index (χ0) is 20.1. The monoisotopic (exact) mass is 411 g/mol. The zero-order valence-corrected chi connectivity index (χ0v) is 18.4. The molecule has 6 rings (SSSR count). The molecule has 5 aliphatic rings. The average molecular weight is 412 g/mol. The molecular formula is C26H37NO3. The van der Waals surface area contributed by atoms with Crippen molar-refractivity contribution in [3.63, 3.8) is 0 Å². The Hall–Kier alpha value is -0.940. The normalized spacial score (nSPS) is 44.4. The first kappa shape index (κ1) is 19.7. The van der Waals surface area contributed by atoms with Crippen LogP contribution in [0, 0.1) is 23.7 Å². The van der Waals surface area contributed by atoms with E-state index in [0.29, 0.717) is 23.7 Å². The average Bonchev–Trinajstić information content (AvgIpc) is 3.23. The highest BCUT2D eigenvalue weighted by atomic mass is 17.0. The van der Waals surface area contributed by atoms with E-state index in [1.807, 2.05) is 5.23 Å². The molecule has 5 fully saturated rings. The third-order valence-electron chi connectivity index (χ3n) is 9.25. The summed E-state index contributed by atoms with van der Waals surface area (Å²) in [6, 6.07) is 11.0. The molecule has 2 bridgehead atoms. The third kappa shape index (κ3) is 3.09. The van der Waals surface area contributed by atoms with Gasteiger partial charge in [0.1, 0.15) is 0 Å². The van der Waals surface area contributed by atoms with Crippen molar-refractivity contribution in [2.45, 2.75) is 95.0 Å². The van der Waals surface area contributed by atoms with Crippen LogP contribution in [-0.4, -0.2) is 29.8 Å². The van der Waals surface area contributed by atoms with Crippen molar-refractivity contribution in [1.29, 1.82) is 0 Å². The van der Waals surface area contributed by atoms with E-state index in [1.165, 1.54) is 63.4 Å². The lowest BCUT2D eigenvalue weighted by atomic mass is 9.68. The number of nitrogens with zero attached hydrogens (tertiary/aromatic N) is 1. The molecule has 2 aliphatic heterocycles. The molecule has 4 heteroatoms. The summed E-state index contributed by atoms with van der Waals surface area (Å²) in [4.78, 5) is 12.6. The highest BCUT2D eigenvalue weighted by molar-refractivity contribution is 5.21. The van der Waals surface area contributed by atoms with Gasteiger partial charge in [0.15, 0.2) is 6.29 Å². The van der Waals surface area contributed by atoms with Gasteiger partial charge in [-0.05, 0) is 43.6 Å². The van der Waals surface area contributed by atoms with Gasteiger partial charge in [-0.25, -0.2) is 4.84 Å². The summed E-state index contributed by atoms with van der Waals surface area (Å²) in [7, 11) is 0. The van der Waals surface area contributed by atoms with Crippen molar-refractivity contribution in [3.8, 4) is 0 Å². The Kier molecular flexibility index (Phi) is 5.18. The second kappa shape index (κ2) is 7.88. The van der Waals surface area contributed by atoms with Crippen LogP contribution in [-0.2, 0) is 14.4 Å². The number of hydroxylamine groups is 2. The van der Waals surface area contributed by atoms with Crippen molar-refractivity contribution < 1.29 is 14.4 Å². The molecule has 3 saturated carbocycles. The van der Waals surface area contributed by atoms with Crippen molar-refractivity contribution in [2.75, 3.05) is 6.61 Å². The summed E-state index contributed by atoms with van der Waals surface area (Å²) < 4.78 is 6.90. The number of hydrogen-bond acceptors (Lipinski definition) is 4. The van der Waals surface area contributed by atoms with E-state index >= 15 is 0 Å². The van der Waals surface area contributed by atoms with E-state index in [-0.39, 0.29) is 17.9 Å². The van der Waals surface area contributed by atoms with Gasteiger partial charge in [-0.1, -0.05) is 80.5 Å². The molecule has 0 radical (unpaired) electrons. The Morgan fingerprint density at radius 3 is 2.57 bits per heavy atom. The zero-order valence-electron chi connectivity index (χ0n) is 18.4. The van der Waals surface area contributed by atoms with Crippen molar-refractivity contribution >= 4 is 0 Å².